The molecular weight excluding hydrogens is 384 g/mol. The highest BCUT2D eigenvalue weighted by molar-refractivity contribution is 7.92. The lowest BCUT2D eigenvalue weighted by Crippen LogP contribution is -2.32. The van der Waals surface area contributed by atoms with Gasteiger partial charge in [0.15, 0.2) is 5.13 Å². The maximum Gasteiger partial charge on any atom is 0.257 e. The lowest BCUT2D eigenvalue weighted by atomic mass is 9.99. The molecule has 146 valence electrons. The van der Waals surface area contributed by atoms with Gasteiger partial charge >= 0.3 is 0 Å². The predicted molar refractivity (Wildman–Crippen MR) is 109 cm³/mol. The molecule has 0 atom stereocenters. The second-order valence-electron chi connectivity index (χ2n) is 7.01. The van der Waals surface area contributed by atoms with Crippen molar-refractivity contribution < 1.29 is 13.2 Å². The topological polar surface area (TPSA) is 91.4 Å². The van der Waals surface area contributed by atoms with E-state index in [9.17, 15) is 13.2 Å². The zero-order valence-electron chi connectivity index (χ0n) is 15.4. The second-order valence-corrected chi connectivity index (χ2v) is 9.62. The molecule has 2 heterocycles. The van der Waals surface area contributed by atoms with Gasteiger partial charge in [0.1, 0.15) is 0 Å². The second kappa shape index (κ2) is 8.37. The smallest absolute Gasteiger partial charge is 0.257 e. The number of hydrogen-bond donors (Lipinski definition) is 2. The molecule has 1 aromatic carbocycles. The number of sulfonamides is 1. The Labute approximate surface area is 163 Å². The predicted octanol–water partition coefficient (Wildman–Crippen LogP) is 3.00. The van der Waals surface area contributed by atoms with E-state index in [-0.39, 0.29) is 5.91 Å². The highest BCUT2D eigenvalue weighted by Gasteiger charge is 2.17. The van der Waals surface area contributed by atoms with Crippen LogP contribution in [0.25, 0.3) is 0 Å². The SMILES string of the molecule is CC1CCN(Cc2csc(NC(=O)c3cccc(NS(C)(=O)=O)c3)n2)CC1. The summed E-state index contributed by atoms with van der Waals surface area (Å²) in [6.07, 6.45) is 3.50. The van der Waals surface area contributed by atoms with E-state index < -0.39 is 10.0 Å². The van der Waals surface area contributed by atoms with Crippen LogP contribution in [0.1, 0.15) is 35.8 Å². The van der Waals surface area contributed by atoms with Crippen molar-refractivity contribution in [2.24, 2.45) is 5.92 Å². The van der Waals surface area contributed by atoms with E-state index in [0.717, 1.165) is 37.5 Å². The van der Waals surface area contributed by atoms with E-state index in [0.29, 0.717) is 16.4 Å². The van der Waals surface area contributed by atoms with Crippen LogP contribution < -0.4 is 10.0 Å². The Bertz CT molecular complexity index is 903. The largest absolute Gasteiger partial charge is 0.298 e. The number of piperidine rings is 1. The highest BCUT2D eigenvalue weighted by Crippen LogP contribution is 2.22. The molecule has 3 rings (SSSR count). The van der Waals surface area contributed by atoms with Gasteiger partial charge in [-0.05, 0) is 50.0 Å². The molecule has 0 saturated carbocycles. The number of nitrogens with one attached hydrogen (secondary N) is 2. The molecule has 27 heavy (non-hydrogen) atoms. The third-order valence-electron chi connectivity index (χ3n) is 4.46. The van der Waals surface area contributed by atoms with Crippen LogP contribution >= 0.6 is 11.3 Å². The first-order chi connectivity index (χ1) is 12.8. The minimum atomic E-state index is -3.39. The third-order valence-corrected chi connectivity index (χ3v) is 5.88. The van der Waals surface area contributed by atoms with E-state index in [1.165, 1.54) is 30.2 Å². The van der Waals surface area contributed by atoms with E-state index in [4.69, 9.17) is 0 Å². The molecule has 1 aliphatic rings. The van der Waals surface area contributed by atoms with Gasteiger partial charge in [0.2, 0.25) is 10.0 Å². The molecule has 2 aromatic rings. The van der Waals surface area contributed by atoms with Gasteiger partial charge in [-0.3, -0.25) is 19.7 Å². The summed E-state index contributed by atoms with van der Waals surface area (Å²) in [6.45, 7) is 5.25. The number of thiazole rings is 1. The van der Waals surface area contributed by atoms with Crippen molar-refractivity contribution in [3.05, 3.63) is 40.9 Å². The summed E-state index contributed by atoms with van der Waals surface area (Å²) in [6, 6.07) is 6.36. The molecule has 1 saturated heterocycles. The summed E-state index contributed by atoms with van der Waals surface area (Å²) in [5.41, 5.74) is 1.67. The van der Waals surface area contributed by atoms with Crippen molar-refractivity contribution >= 4 is 38.1 Å². The first kappa shape index (κ1) is 19.8. The van der Waals surface area contributed by atoms with Crippen molar-refractivity contribution in [1.29, 1.82) is 0 Å². The van der Waals surface area contributed by atoms with E-state index >= 15 is 0 Å². The first-order valence-corrected chi connectivity index (χ1v) is 11.6. The van der Waals surface area contributed by atoms with Crippen LogP contribution in [0.2, 0.25) is 0 Å². The van der Waals surface area contributed by atoms with Gasteiger partial charge in [-0.15, -0.1) is 11.3 Å². The number of benzene rings is 1. The van der Waals surface area contributed by atoms with E-state index in [2.05, 4.69) is 26.8 Å². The van der Waals surface area contributed by atoms with E-state index in [1.54, 1.807) is 18.2 Å². The average Bonchev–Trinajstić information content (AvgIpc) is 3.02. The summed E-state index contributed by atoms with van der Waals surface area (Å²) in [4.78, 5) is 19.3. The van der Waals surface area contributed by atoms with Crippen molar-refractivity contribution in [3.8, 4) is 0 Å². The zero-order chi connectivity index (χ0) is 19.4. The fourth-order valence-electron chi connectivity index (χ4n) is 2.99. The Kier molecular flexibility index (Phi) is 6.13. The number of nitrogens with zero attached hydrogens (tertiary/aromatic N) is 2. The number of carbonyl (C=O) groups is 1. The number of carbonyl (C=O) groups excluding carboxylic acids is 1. The van der Waals surface area contributed by atoms with E-state index in [1.807, 2.05) is 5.38 Å². The Morgan fingerprint density at radius 3 is 2.78 bits per heavy atom. The standard InChI is InChI=1S/C18H24N4O3S2/c1-13-6-8-22(9-7-13)11-16-12-26-18(19-16)20-17(23)14-4-3-5-15(10-14)21-27(2,24)25/h3-5,10,12-13,21H,6-9,11H2,1-2H3,(H,19,20,23). The minimum absolute atomic E-state index is 0.320. The van der Waals surface area contributed by atoms with Crippen LogP contribution in [0.15, 0.2) is 29.6 Å². The van der Waals surface area contributed by atoms with Crippen LogP contribution in [-0.2, 0) is 16.6 Å². The summed E-state index contributed by atoms with van der Waals surface area (Å²) in [7, 11) is -3.39. The number of rotatable bonds is 6. The molecule has 0 radical (unpaired) electrons. The van der Waals surface area contributed by atoms with Gasteiger partial charge in [0, 0.05) is 23.2 Å². The molecule has 1 aromatic heterocycles. The van der Waals surface area contributed by atoms with Gasteiger partial charge in [-0.2, -0.15) is 0 Å². The fourth-order valence-corrected chi connectivity index (χ4v) is 4.25. The molecule has 2 N–H and O–H groups in total. The average molecular weight is 409 g/mol. The molecule has 0 bridgehead atoms. The minimum Gasteiger partial charge on any atom is -0.298 e. The Morgan fingerprint density at radius 2 is 2.07 bits per heavy atom. The van der Waals surface area contributed by atoms with Gasteiger partial charge in [0.05, 0.1) is 11.9 Å². The summed E-state index contributed by atoms with van der Waals surface area (Å²) < 4.78 is 25.0. The quantitative estimate of drug-likeness (QED) is 0.767. The first-order valence-electron chi connectivity index (χ1n) is 8.84. The number of hydrogen-bond acceptors (Lipinski definition) is 6. The molecular formula is C18H24N4O3S2. The highest BCUT2D eigenvalue weighted by atomic mass is 32.2. The van der Waals surface area contributed by atoms with Gasteiger partial charge in [0.25, 0.3) is 5.91 Å². The van der Waals surface area contributed by atoms with Gasteiger partial charge in [-0.25, -0.2) is 13.4 Å². The normalized spacial score (nSPS) is 16.2. The van der Waals surface area contributed by atoms with Crippen LogP contribution in [0.4, 0.5) is 10.8 Å². The monoisotopic (exact) mass is 408 g/mol. The Hall–Kier alpha value is -1.97. The van der Waals surface area contributed by atoms with Crippen LogP contribution in [0.3, 0.4) is 0 Å². The van der Waals surface area contributed by atoms with Crippen molar-refractivity contribution in [3.63, 3.8) is 0 Å². The Morgan fingerprint density at radius 1 is 1.33 bits per heavy atom. The molecule has 0 spiro atoms. The molecule has 1 amide bonds. The van der Waals surface area contributed by atoms with Crippen molar-refractivity contribution in [2.75, 3.05) is 29.4 Å². The van der Waals surface area contributed by atoms with Crippen molar-refractivity contribution in [2.45, 2.75) is 26.3 Å². The Balaban J connectivity index is 1.60. The molecule has 1 aliphatic heterocycles. The summed E-state index contributed by atoms with van der Waals surface area (Å²) in [5.74, 6) is 0.472. The lowest BCUT2D eigenvalue weighted by molar-refractivity contribution is 0.102. The van der Waals surface area contributed by atoms with Crippen molar-refractivity contribution in [1.82, 2.24) is 9.88 Å². The molecule has 0 unspecified atom stereocenters. The third kappa shape index (κ3) is 6.02. The maximum absolute atomic E-state index is 12.4. The van der Waals surface area contributed by atoms with Crippen LogP contribution in [-0.4, -0.2) is 43.6 Å². The fraction of sp³-hybridized carbons (Fsp3) is 0.444. The van der Waals surface area contributed by atoms with Gasteiger partial charge in [-0.1, -0.05) is 13.0 Å². The number of likely N-dealkylation sites (tertiary alicyclic amines) is 1. The summed E-state index contributed by atoms with van der Waals surface area (Å²) >= 11 is 1.39. The maximum atomic E-state index is 12.4. The number of aromatic nitrogens is 1. The zero-order valence-corrected chi connectivity index (χ0v) is 17.1. The lowest BCUT2D eigenvalue weighted by Gasteiger charge is -2.29. The molecule has 0 aliphatic carbocycles. The number of amides is 1. The summed E-state index contributed by atoms with van der Waals surface area (Å²) in [5, 5.41) is 5.30. The molecule has 7 nitrogen and oxygen atoms in total. The molecule has 9 heteroatoms. The molecule has 1 fully saturated rings. The van der Waals surface area contributed by atoms with Gasteiger partial charge < -0.3 is 0 Å². The number of anilines is 2. The van der Waals surface area contributed by atoms with Crippen LogP contribution in [0.5, 0.6) is 0 Å². The van der Waals surface area contributed by atoms with Crippen LogP contribution in [0, 0.1) is 5.92 Å².